The Morgan fingerprint density at radius 2 is 2.07 bits per heavy atom. The highest BCUT2D eigenvalue weighted by Gasteiger charge is 2.32. The fourth-order valence-corrected chi connectivity index (χ4v) is 3.93. The van der Waals surface area contributed by atoms with E-state index < -0.39 is 12.0 Å². The molecule has 4 rings (SSSR count). The maximum atomic E-state index is 12.1. The Labute approximate surface area is 166 Å². The molecule has 1 unspecified atom stereocenters. The number of piperazine rings is 1. The summed E-state index contributed by atoms with van der Waals surface area (Å²) in [6.07, 6.45) is 3.41. The Hall–Kier alpha value is -3.08. The van der Waals surface area contributed by atoms with Crippen LogP contribution in [0.4, 0.5) is 5.82 Å². The minimum Gasteiger partial charge on any atom is -0.480 e. The zero-order chi connectivity index (χ0) is 19.7. The van der Waals surface area contributed by atoms with Gasteiger partial charge in [-0.15, -0.1) is 0 Å². The van der Waals surface area contributed by atoms with Crippen LogP contribution in [-0.4, -0.2) is 52.1 Å². The van der Waals surface area contributed by atoms with Gasteiger partial charge < -0.3 is 15.0 Å². The maximum Gasteiger partial charge on any atom is 0.325 e. The molecule has 0 bridgehead atoms. The molecule has 0 amide bonds. The van der Waals surface area contributed by atoms with E-state index in [-0.39, 0.29) is 0 Å². The van der Waals surface area contributed by atoms with Crippen molar-refractivity contribution in [2.24, 2.45) is 0 Å². The third-order valence-corrected chi connectivity index (χ3v) is 5.33. The van der Waals surface area contributed by atoms with Crippen LogP contribution in [0, 0.1) is 11.3 Å². The number of carboxylic acids is 1. The van der Waals surface area contributed by atoms with Crippen LogP contribution in [0.2, 0.25) is 5.02 Å². The fourth-order valence-electron chi connectivity index (χ4n) is 3.75. The van der Waals surface area contributed by atoms with Crippen molar-refractivity contribution < 1.29 is 9.90 Å². The second kappa shape index (κ2) is 7.50. The number of carboxylic acid groups (broad SMARTS) is 1. The summed E-state index contributed by atoms with van der Waals surface area (Å²) >= 11 is 6.12. The van der Waals surface area contributed by atoms with Gasteiger partial charge >= 0.3 is 5.97 Å². The number of aliphatic carboxylic acids is 1. The van der Waals surface area contributed by atoms with Gasteiger partial charge in [-0.3, -0.25) is 9.69 Å². The van der Waals surface area contributed by atoms with E-state index in [0.29, 0.717) is 48.1 Å². The molecule has 28 heavy (non-hydrogen) atoms. The van der Waals surface area contributed by atoms with Crippen molar-refractivity contribution in [2.75, 3.05) is 31.1 Å². The summed E-state index contributed by atoms with van der Waals surface area (Å²) in [6, 6.07) is 10.3. The first-order chi connectivity index (χ1) is 13.6. The van der Waals surface area contributed by atoms with E-state index in [1.807, 2.05) is 15.9 Å². The molecule has 0 radical (unpaired) electrons. The van der Waals surface area contributed by atoms with Crippen molar-refractivity contribution in [2.45, 2.75) is 6.04 Å². The highest BCUT2D eigenvalue weighted by molar-refractivity contribution is 6.31. The van der Waals surface area contributed by atoms with Gasteiger partial charge in [0, 0.05) is 60.1 Å². The molecule has 1 fully saturated rings. The van der Waals surface area contributed by atoms with E-state index in [4.69, 9.17) is 11.6 Å². The molecule has 1 aromatic carbocycles. The first-order valence-electron chi connectivity index (χ1n) is 8.92. The van der Waals surface area contributed by atoms with Gasteiger partial charge in [0.15, 0.2) is 0 Å². The van der Waals surface area contributed by atoms with E-state index in [1.165, 1.54) is 0 Å². The number of H-pyrrole nitrogens is 1. The third kappa shape index (κ3) is 3.28. The number of rotatable bonds is 4. The predicted octanol–water partition coefficient (Wildman–Crippen LogP) is 3.04. The molecule has 142 valence electrons. The Balaban J connectivity index is 1.58. The van der Waals surface area contributed by atoms with Crippen LogP contribution < -0.4 is 4.90 Å². The van der Waals surface area contributed by atoms with Crippen molar-refractivity contribution in [1.29, 1.82) is 5.26 Å². The number of carbonyl (C=O) groups is 1. The van der Waals surface area contributed by atoms with Crippen LogP contribution in [0.1, 0.15) is 17.2 Å². The molecule has 7 nitrogen and oxygen atoms in total. The second-order valence-corrected chi connectivity index (χ2v) is 7.12. The molecule has 1 saturated heterocycles. The van der Waals surface area contributed by atoms with Crippen LogP contribution in [-0.2, 0) is 4.79 Å². The lowest BCUT2D eigenvalue weighted by atomic mass is 10.0. The second-order valence-electron chi connectivity index (χ2n) is 6.68. The Morgan fingerprint density at radius 1 is 1.29 bits per heavy atom. The number of hydrogen-bond acceptors (Lipinski definition) is 5. The lowest BCUT2D eigenvalue weighted by molar-refractivity contribution is -0.143. The fraction of sp³-hybridized carbons (Fsp3) is 0.250. The van der Waals surface area contributed by atoms with E-state index in [9.17, 15) is 15.2 Å². The summed E-state index contributed by atoms with van der Waals surface area (Å²) in [5.74, 6) is -0.250. The summed E-state index contributed by atoms with van der Waals surface area (Å²) in [4.78, 5) is 23.6. The van der Waals surface area contributed by atoms with Gasteiger partial charge in [0.2, 0.25) is 0 Å². The van der Waals surface area contributed by atoms with Crippen LogP contribution in [0.5, 0.6) is 0 Å². The molecule has 0 aliphatic carbocycles. The lowest BCUT2D eigenvalue weighted by Gasteiger charge is -2.38. The Kier molecular flexibility index (Phi) is 4.90. The van der Waals surface area contributed by atoms with Crippen molar-refractivity contribution in [3.8, 4) is 6.07 Å². The van der Waals surface area contributed by atoms with Gasteiger partial charge in [-0.1, -0.05) is 11.6 Å². The molecule has 1 aliphatic heterocycles. The summed E-state index contributed by atoms with van der Waals surface area (Å²) in [5.41, 5.74) is 2.09. The Morgan fingerprint density at radius 3 is 2.79 bits per heavy atom. The van der Waals surface area contributed by atoms with Crippen LogP contribution >= 0.6 is 11.6 Å². The van der Waals surface area contributed by atoms with E-state index in [0.717, 1.165) is 10.9 Å². The number of fused-ring (bicyclic) bond motifs is 1. The number of halogens is 1. The average molecular weight is 396 g/mol. The van der Waals surface area contributed by atoms with Crippen LogP contribution in [0.25, 0.3) is 10.9 Å². The minimum absolute atomic E-state index is 0.525. The smallest absolute Gasteiger partial charge is 0.325 e. The van der Waals surface area contributed by atoms with Crippen molar-refractivity contribution in [3.05, 3.63) is 58.9 Å². The molecule has 1 atom stereocenters. The van der Waals surface area contributed by atoms with E-state index in [1.54, 1.807) is 36.7 Å². The molecule has 0 saturated carbocycles. The summed E-state index contributed by atoms with van der Waals surface area (Å²) in [5, 5.41) is 20.6. The quantitative estimate of drug-likeness (QED) is 0.704. The monoisotopic (exact) mass is 395 g/mol. The summed E-state index contributed by atoms with van der Waals surface area (Å²) in [6.45, 7) is 2.29. The molecule has 3 aromatic rings. The van der Waals surface area contributed by atoms with Gasteiger partial charge in [0.1, 0.15) is 17.9 Å². The zero-order valence-electron chi connectivity index (χ0n) is 15.0. The number of nitriles is 1. The number of pyridine rings is 1. The van der Waals surface area contributed by atoms with Gasteiger partial charge in [0.05, 0.1) is 5.56 Å². The SMILES string of the molecule is N#Cc1cccnc1N1CCN(C(C(=O)O)c2c[nH]c3ccc(Cl)cc23)CC1. The number of anilines is 1. The van der Waals surface area contributed by atoms with Gasteiger partial charge in [-0.25, -0.2) is 4.98 Å². The number of benzene rings is 1. The average Bonchev–Trinajstić information content (AvgIpc) is 3.11. The molecule has 3 heterocycles. The number of aromatic nitrogens is 2. The largest absolute Gasteiger partial charge is 0.480 e. The topological polar surface area (TPSA) is 96.2 Å². The van der Waals surface area contributed by atoms with Crippen molar-refractivity contribution in [1.82, 2.24) is 14.9 Å². The lowest BCUT2D eigenvalue weighted by Crippen LogP contribution is -2.49. The molecule has 0 spiro atoms. The summed E-state index contributed by atoms with van der Waals surface area (Å²) in [7, 11) is 0. The standard InChI is InChI=1S/C20H18ClN5O2/c21-14-3-4-17-15(10-14)16(12-24-17)18(20(27)28)25-6-8-26(9-7-25)19-13(11-22)2-1-5-23-19/h1-5,10,12,18,24H,6-9H2,(H,27,28). The Bertz CT molecular complexity index is 1070. The first-order valence-corrected chi connectivity index (χ1v) is 9.29. The van der Waals surface area contributed by atoms with Gasteiger partial charge in [-0.05, 0) is 30.3 Å². The summed E-state index contributed by atoms with van der Waals surface area (Å²) < 4.78 is 0. The number of nitrogens with zero attached hydrogens (tertiary/aromatic N) is 4. The first kappa shape index (κ1) is 18.3. The number of nitrogens with one attached hydrogen (secondary N) is 1. The van der Waals surface area contributed by atoms with E-state index in [2.05, 4.69) is 16.0 Å². The molecule has 2 N–H and O–H groups in total. The van der Waals surface area contributed by atoms with Crippen LogP contribution in [0.15, 0.2) is 42.7 Å². The normalized spacial score (nSPS) is 16.1. The van der Waals surface area contributed by atoms with Crippen LogP contribution in [0.3, 0.4) is 0 Å². The van der Waals surface area contributed by atoms with E-state index >= 15 is 0 Å². The third-order valence-electron chi connectivity index (χ3n) is 5.09. The minimum atomic E-state index is -0.898. The number of hydrogen-bond donors (Lipinski definition) is 2. The molecular formula is C20H18ClN5O2. The maximum absolute atomic E-state index is 12.1. The van der Waals surface area contributed by atoms with Crippen molar-refractivity contribution >= 4 is 34.3 Å². The van der Waals surface area contributed by atoms with Crippen molar-refractivity contribution in [3.63, 3.8) is 0 Å². The van der Waals surface area contributed by atoms with Gasteiger partial charge in [0.25, 0.3) is 0 Å². The van der Waals surface area contributed by atoms with Gasteiger partial charge in [-0.2, -0.15) is 5.26 Å². The zero-order valence-corrected chi connectivity index (χ0v) is 15.7. The highest BCUT2D eigenvalue weighted by Crippen LogP contribution is 2.31. The molecule has 2 aromatic heterocycles. The number of aromatic amines is 1. The molecule has 1 aliphatic rings. The molecule has 8 heteroatoms. The molecular weight excluding hydrogens is 378 g/mol. The predicted molar refractivity (Wildman–Crippen MR) is 106 cm³/mol. The highest BCUT2D eigenvalue weighted by atomic mass is 35.5.